The fourth-order valence-electron chi connectivity index (χ4n) is 3.82. The highest BCUT2D eigenvalue weighted by Gasteiger charge is 2.35. The molecule has 0 saturated heterocycles. The average molecular weight is 541 g/mol. The molecule has 35 heavy (non-hydrogen) atoms. The van der Waals surface area contributed by atoms with Gasteiger partial charge in [-0.3, -0.25) is 4.79 Å². The van der Waals surface area contributed by atoms with Gasteiger partial charge >= 0.3 is 0 Å². The molecule has 176 valence electrons. The lowest BCUT2D eigenvalue weighted by Crippen LogP contribution is -2.30. The summed E-state index contributed by atoms with van der Waals surface area (Å²) >= 11 is 20.0. The molecule has 4 rings (SSSR count). The van der Waals surface area contributed by atoms with Crippen molar-refractivity contribution in [3.8, 4) is 6.07 Å². The Morgan fingerprint density at radius 1 is 1.00 bits per heavy atom. The first kappa shape index (κ1) is 25.2. The summed E-state index contributed by atoms with van der Waals surface area (Å²) in [5.41, 5.74) is 3.87. The summed E-state index contributed by atoms with van der Waals surface area (Å²) in [6, 6.07) is 24.0. The molecule has 1 aliphatic rings. The van der Waals surface area contributed by atoms with Gasteiger partial charge in [0.25, 0.3) is 5.91 Å². The number of allylic oxidation sites excluding steroid dienone is 2. The van der Waals surface area contributed by atoms with Crippen molar-refractivity contribution in [3.63, 3.8) is 0 Å². The zero-order chi connectivity index (χ0) is 24.9. The minimum atomic E-state index is -0.630. The number of amides is 1. The van der Waals surface area contributed by atoms with Crippen LogP contribution in [0.5, 0.6) is 0 Å². The second-order valence-corrected chi connectivity index (χ2v) is 10.1. The van der Waals surface area contributed by atoms with E-state index < -0.39 is 5.92 Å². The van der Waals surface area contributed by atoms with Crippen LogP contribution >= 0.6 is 46.6 Å². The van der Waals surface area contributed by atoms with Crippen LogP contribution in [0.2, 0.25) is 15.1 Å². The van der Waals surface area contributed by atoms with Gasteiger partial charge in [0.05, 0.1) is 22.6 Å². The third-order valence-electron chi connectivity index (χ3n) is 5.51. The lowest BCUT2D eigenvalue weighted by Gasteiger charge is -2.30. The Kier molecular flexibility index (Phi) is 8.10. The van der Waals surface area contributed by atoms with Crippen LogP contribution in [0.25, 0.3) is 0 Å². The molecule has 0 fully saturated rings. The number of nitrogens with one attached hydrogen (secondary N) is 2. The molecule has 1 amide bonds. The van der Waals surface area contributed by atoms with Crippen molar-refractivity contribution in [2.45, 2.75) is 18.6 Å². The van der Waals surface area contributed by atoms with Gasteiger partial charge in [-0.15, -0.1) is 11.8 Å². The zero-order valence-corrected chi connectivity index (χ0v) is 21.7. The van der Waals surface area contributed by atoms with Crippen molar-refractivity contribution in [2.24, 2.45) is 0 Å². The van der Waals surface area contributed by atoms with E-state index >= 15 is 0 Å². The Bertz CT molecular complexity index is 1360. The summed E-state index contributed by atoms with van der Waals surface area (Å²) in [5.74, 6) is -0.328. The maximum Gasteiger partial charge on any atom is 0.254 e. The monoisotopic (exact) mass is 539 g/mol. The molecule has 0 radical (unpaired) electrons. The van der Waals surface area contributed by atoms with E-state index in [0.717, 1.165) is 5.56 Å². The van der Waals surface area contributed by atoms with Crippen molar-refractivity contribution in [3.05, 3.63) is 121 Å². The minimum Gasteiger partial charge on any atom is -0.353 e. The van der Waals surface area contributed by atoms with Crippen LogP contribution in [-0.2, 0) is 10.5 Å². The van der Waals surface area contributed by atoms with Crippen molar-refractivity contribution >= 4 is 58.2 Å². The number of halogens is 3. The van der Waals surface area contributed by atoms with Gasteiger partial charge in [-0.2, -0.15) is 5.26 Å². The van der Waals surface area contributed by atoms with Crippen LogP contribution < -0.4 is 10.6 Å². The molecule has 4 nitrogen and oxygen atoms in total. The SMILES string of the molecule is CC1=C(C(=O)Nc2ccc(Cl)cc2)C(c2ccccc2Cl)C(C#N)=C(SCc2ccc(Cl)cc2)N1. The van der Waals surface area contributed by atoms with Crippen LogP contribution in [0.3, 0.4) is 0 Å². The Morgan fingerprint density at radius 2 is 1.63 bits per heavy atom. The first-order valence-electron chi connectivity index (χ1n) is 10.7. The first-order valence-corrected chi connectivity index (χ1v) is 12.8. The highest BCUT2D eigenvalue weighted by molar-refractivity contribution is 8.02. The van der Waals surface area contributed by atoms with Gasteiger partial charge in [-0.05, 0) is 60.5 Å². The summed E-state index contributed by atoms with van der Waals surface area (Å²) in [6.45, 7) is 1.83. The Labute approximate surface area is 223 Å². The van der Waals surface area contributed by atoms with E-state index in [2.05, 4.69) is 16.7 Å². The number of rotatable bonds is 6. The van der Waals surface area contributed by atoms with Crippen molar-refractivity contribution in [2.75, 3.05) is 5.32 Å². The molecular formula is C27H20Cl3N3OS. The topological polar surface area (TPSA) is 64.9 Å². The smallest absolute Gasteiger partial charge is 0.254 e. The number of benzene rings is 3. The number of carbonyl (C=O) groups is 1. The number of anilines is 1. The molecule has 1 unspecified atom stereocenters. The summed E-state index contributed by atoms with van der Waals surface area (Å²) < 4.78 is 0. The highest BCUT2D eigenvalue weighted by atomic mass is 35.5. The second-order valence-electron chi connectivity index (χ2n) is 7.85. The van der Waals surface area contributed by atoms with Crippen LogP contribution in [0.1, 0.15) is 24.0 Å². The second kappa shape index (κ2) is 11.2. The lowest BCUT2D eigenvalue weighted by molar-refractivity contribution is -0.113. The molecule has 1 aliphatic heterocycles. The number of thioether (sulfide) groups is 1. The van der Waals surface area contributed by atoms with Crippen molar-refractivity contribution in [1.82, 2.24) is 5.32 Å². The summed E-state index contributed by atoms with van der Waals surface area (Å²) in [5, 5.41) is 18.9. The molecule has 1 heterocycles. The maximum atomic E-state index is 13.5. The number of nitrogens with zero attached hydrogens (tertiary/aromatic N) is 1. The van der Waals surface area contributed by atoms with Gasteiger partial charge in [0.15, 0.2) is 0 Å². The molecule has 0 spiro atoms. The normalized spacial score (nSPS) is 15.5. The van der Waals surface area contributed by atoms with Crippen molar-refractivity contribution in [1.29, 1.82) is 5.26 Å². The Morgan fingerprint density at radius 3 is 2.26 bits per heavy atom. The third-order valence-corrected chi connectivity index (χ3v) is 7.44. The fraction of sp³-hybridized carbons (Fsp3) is 0.111. The van der Waals surface area contributed by atoms with E-state index in [-0.39, 0.29) is 5.91 Å². The molecule has 8 heteroatoms. The van der Waals surface area contributed by atoms with Gasteiger partial charge in [0, 0.05) is 37.8 Å². The summed E-state index contributed by atoms with van der Waals surface area (Å²) in [4.78, 5) is 13.5. The number of dihydropyridines is 1. The summed E-state index contributed by atoms with van der Waals surface area (Å²) in [7, 11) is 0. The molecule has 0 aromatic heterocycles. The van der Waals surface area contributed by atoms with Crippen molar-refractivity contribution < 1.29 is 4.79 Å². The maximum absolute atomic E-state index is 13.5. The number of carbonyl (C=O) groups excluding carboxylic acids is 1. The fourth-order valence-corrected chi connectivity index (χ4v) is 5.36. The van der Waals surface area contributed by atoms with Gasteiger partial charge in [-0.25, -0.2) is 0 Å². The molecule has 0 aliphatic carbocycles. The van der Waals surface area contributed by atoms with E-state index in [1.807, 2.05) is 49.4 Å². The van der Waals surface area contributed by atoms with Crippen LogP contribution in [0.4, 0.5) is 5.69 Å². The third kappa shape index (κ3) is 5.86. The molecule has 3 aromatic rings. The summed E-state index contributed by atoms with van der Waals surface area (Å²) in [6.07, 6.45) is 0. The molecule has 1 atom stereocenters. The Hall–Kier alpha value is -2.88. The number of hydrogen-bond donors (Lipinski definition) is 2. The predicted molar refractivity (Wildman–Crippen MR) is 145 cm³/mol. The van der Waals surface area contributed by atoms with Gasteiger partial charge in [0.2, 0.25) is 0 Å². The van der Waals surface area contributed by atoms with E-state index in [0.29, 0.717) is 53.9 Å². The largest absolute Gasteiger partial charge is 0.353 e. The van der Waals surface area contributed by atoms with E-state index in [1.54, 1.807) is 30.3 Å². The molecule has 0 bridgehead atoms. The zero-order valence-electron chi connectivity index (χ0n) is 18.6. The Balaban J connectivity index is 1.72. The van der Waals surface area contributed by atoms with E-state index in [9.17, 15) is 10.1 Å². The average Bonchev–Trinajstić information content (AvgIpc) is 2.85. The van der Waals surface area contributed by atoms with Crippen LogP contribution in [-0.4, -0.2) is 5.91 Å². The minimum absolute atomic E-state index is 0.322. The van der Waals surface area contributed by atoms with Gasteiger partial charge in [0.1, 0.15) is 0 Å². The van der Waals surface area contributed by atoms with E-state index in [1.165, 1.54) is 11.8 Å². The van der Waals surface area contributed by atoms with Crippen LogP contribution in [0, 0.1) is 11.3 Å². The van der Waals surface area contributed by atoms with Gasteiger partial charge in [-0.1, -0.05) is 65.1 Å². The molecule has 3 aromatic carbocycles. The van der Waals surface area contributed by atoms with Crippen LogP contribution in [0.15, 0.2) is 94.7 Å². The quantitative estimate of drug-likeness (QED) is 0.333. The van der Waals surface area contributed by atoms with E-state index in [4.69, 9.17) is 34.8 Å². The highest BCUT2D eigenvalue weighted by Crippen LogP contribution is 2.43. The van der Waals surface area contributed by atoms with Gasteiger partial charge < -0.3 is 10.6 Å². The number of hydrogen-bond acceptors (Lipinski definition) is 4. The number of nitriles is 1. The standard InChI is InChI=1S/C27H20Cl3N3OS/c1-16-24(26(34)33-20-12-10-19(29)11-13-20)25(21-4-2-3-5-23(21)30)22(14-31)27(32-16)35-15-17-6-8-18(28)9-7-17/h2-13,25,32H,15H2,1H3,(H,33,34). The lowest BCUT2D eigenvalue weighted by atomic mass is 9.82. The molecule has 2 N–H and O–H groups in total. The molecule has 0 saturated carbocycles. The predicted octanol–water partition coefficient (Wildman–Crippen LogP) is 7.91. The first-order chi connectivity index (χ1) is 16.9. The molecular weight excluding hydrogens is 521 g/mol.